The van der Waals surface area contributed by atoms with E-state index in [9.17, 15) is 0 Å². The number of hydrogen-bond donors (Lipinski definition) is 0. The first-order chi connectivity index (χ1) is 27.7. The number of para-hydroxylation sites is 2. The van der Waals surface area contributed by atoms with Gasteiger partial charge in [0.05, 0.1) is 34.8 Å². The number of rotatable bonds is 6. The molecule has 56 heavy (non-hydrogen) atoms. The molecule has 0 fully saturated rings. The number of nitrogens with zero attached hydrogens (tertiary/aromatic N) is 6. The Hall–Kier alpha value is -7.84. The third kappa shape index (κ3) is 4.66. The Kier molecular flexibility index (Phi) is 6.47. The topological polar surface area (TPSA) is 84.3 Å². The summed E-state index contributed by atoms with van der Waals surface area (Å²) in [5, 5.41) is 8.47. The first kappa shape index (κ1) is 30.6. The Morgan fingerprint density at radius 2 is 0.821 bits per heavy atom. The van der Waals surface area contributed by atoms with Crippen LogP contribution in [0.3, 0.4) is 0 Å². The van der Waals surface area contributed by atoms with Gasteiger partial charge in [0, 0.05) is 103 Å². The highest BCUT2D eigenvalue weighted by Gasteiger charge is 2.22. The molecule has 8 nitrogen and oxygen atoms in total. The normalized spacial score (nSPS) is 11.9. The summed E-state index contributed by atoms with van der Waals surface area (Å²) in [5.74, 6) is 0. The van der Waals surface area contributed by atoms with Crippen molar-refractivity contribution in [3.8, 4) is 0 Å². The first-order valence-corrected chi connectivity index (χ1v) is 18.4. The third-order valence-electron chi connectivity index (χ3n) is 10.8. The minimum atomic E-state index is 0.823. The highest BCUT2D eigenvalue weighted by molar-refractivity contribution is 6.22. The van der Waals surface area contributed by atoms with E-state index in [1.807, 2.05) is 73.3 Å². The summed E-state index contributed by atoms with van der Waals surface area (Å²) in [6.07, 6.45) is 11.2. The fraction of sp³-hybridized carbons (Fsp3) is 0. The third-order valence-corrected chi connectivity index (χ3v) is 10.8. The van der Waals surface area contributed by atoms with Gasteiger partial charge in [0.1, 0.15) is 22.3 Å². The van der Waals surface area contributed by atoms with Crippen LogP contribution in [0.15, 0.2) is 179 Å². The minimum absolute atomic E-state index is 0.823. The van der Waals surface area contributed by atoms with Crippen LogP contribution in [0.25, 0.3) is 76.5 Å². The van der Waals surface area contributed by atoms with Crippen molar-refractivity contribution in [2.45, 2.75) is 0 Å². The van der Waals surface area contributed by atoms with Crippen LogP contribution < -0.4 is 9.80 Å². The zero-order valence-corrected chi connectivity index (χ0v) is 29.7. The highest BCUT2D eigenvalue weighted by Crippen LogP contribution is 2.44. The first-order valence-electron chi connectivity index (χ1n) is 18.4. The van der Waals surface area contributed by atoms with Gasteiger partial charge in [-0.3, -0.25) is 19.9 Å². The van der Waals surface area contributed by atoms with Crippen LogP contribution in [0, 0.1) is 0 Å². The molecule has 0 aliphatic heterocycles. The fourth-order valence-corrected chi connectivity index (χ4v) is 8.33. The van der Waals surface area contributed by atoms with Gasteiger partial charge in [-0.25, -0.2) is 0 Å². The lowest BCUT2D eigenvalue weighted by atomic mass is 9.99. The molecular weight excluding hydrogens is 693 g/mol. The van der Waals surface area contributed by atoms with Crippen molar-refractivity contribution in [1.29, 1.82) is 0 Å². The Labute approximate surface area is 318 Å². The molecule has 0 spiro atoms. The summed E-state index contributed by atoms with van der Waals surface area (Å²) in [4.78, 5) is 23.5. The summed E-state index contributed by atoms with van der Waals surface area (Å²) in [6.45, 7) is 0. The molecule has 0 radical (unpaired) electrons. The molecule has 12 rings (SSSR count). The Morgan fingerprint density at radius 1 is 0.357 bits per heavy atom. The molecule has 0 saturated heterocycles. The summed E-state index contributed by atoms with van der Waals surface area (Å²) in [6, 6.07) is 45.7. The Bertz CT molecular complexity index is 3150. The van der Waals surface area contributed by atoms with Crippen molar-refractivity contribution >= 4 is 111 Å². The molecular formula is C48H28N6O2. The fourth-order valence-electron chi connectivity index (χ4n) is 8.33. The predicted molar refractivity (Wildman–Crippen MR) is 225 cm³/mol. The quantitative estimate of drug-likeness (QED) is 0.157. The summed E-state index contributed by atoms with van der Waals surface area (Å²) >= 11 is 0. The van der Waals surface area contributed by atoms with Crippen molar-refractivity contribution in [3.63, 3.8) is 0 Å². The molecule has 6 aromatic carbocycles. The van der Waals surface area contributed by atoms with Gasteiger partial charge >= 0.3 is 0 Å². The largest absolute Gasteiger partial charge is 0.456 e. The number of fused-ring (bicyclic) bond motifs is 6. The molecule has 0 unspecified atom stereocenters. The average Bonchev–Trinajstić information content (AvgIpc) is 3.81. The van der Waals surface area contributed by atoms with Gasteiger partial charge in [-0.2, -0.15) is 0 Å². The molecule has 12 aromatic rings. The number of anilines is 6. The van der Waals surface area contributed by atoms with E-state index in [0.717, 1.165) is 111 Å². The van der Waals surface area contributed by atoms with Gasteiger partial charge < -0.3 is 18.6 Å². The van der Waals surface area contributed by atoms with Gasteiger partial charge in [0.25, 0.3) is 0 Å². The molecule has 0 amide bonds. The monoisotopic (exact) mass is 720 g/mol. The van der Waals surface area contributed by atoms with Crippen LogP contribution in [0.4, 0.5) is 34.1 Å². The van der Waals surface area contributed by atoms with Crippen LogP contribution in [-0.2, 0) is 0 Å². The highest BCUT2D eigenvalue weighted by atomic mass is 16.3. The lowest BCUT2D eigenvalue weighted by molar-refractivity contribution is 0.668. The van der Waals surface area contributed by atoms with Gasteiger partial charge in [-0.1, -0.05) is 36.4 Å². The number of pyridine rings is 4. The van der Waals surface area contributed by atoms with Crippen molar-refractivity contribution in [2.24, 2.45) is 0 Å². The van der Waals surface area contributed by atoms with E-state index in [1.54, 1.807) is 12.4 Å². The van der Waals surface area contributed by atoms with E-state index < -0.39 is 0 Å². The van der Waals surface area contributed by atoms with E-state index >= 15 is 0 Å². The average molecular weight is 721 g/mol. The SMILES string of the molecule is c1cncc(N(c2cc3cnc4cc(N(c5cccnc5)c5ccc6c(c5)oc5ccccc56)cc5cnc(c2)c3c54)c2ccc3c(c2)oc2ccccc23)c1. The molecule has 262 valence electrons. The van der Waals surface area contributed by atoms with Crippen LogP contribution in [0.1, 0.15) is 0 Å². The second kappa shape index (κ2) is 11.8. The van der Waals surface area contributed by atoms with E-state index in [-0.39, 0.29) is 0 Å². The minimum Gasteiger partial charge on any atom is -0.456 e. The molecule has 6 aromatic heterocycles. The lowest BCUT2D eigenvalue weighted by Crippen LogP contribution is -2.11. The summed E-state index contributed by atoms with van der Waals surface area (Å²) in [7, 11) is 0. The van der Waals surface area contributed by atoms with E-state index in [2.05, 4.69) is 105 Å². The zero-order valence-electron chi connectivity index (χ0n) is 29.7. The van der Waals surface area contributed by atoms with E-state index in [4.69, 9.17) is 18.8 Å². The van der Waals surface area contributed by atoms with Gasteiger partial charge in [-0.05, 0) is 84.9 Å². The molecule has 0 bridgehead atoms. The number of furan rings is 2. The van der Waals surface area contributed by atoms with Crippen LogP contribution in [0.5, 0.6) is 0 Å². The van der Waals surface area contributed by atoms with Crippen LogP contribution in [0.2, 0.25) is 0 Å². The molecule has 8 heteroatoms. The van der Waals surface area contributed by atoms with Gasteiger partial charge in [0.15, 0.2) is 0 Å². The summed E-state index contributed by atoms with van der Waals surface area (Å²) < 4.78 is 12.6. The number of hydrogen-bond acceptors (Lipinski definition) is 8. The number of aromatic nitrogens is 4. The molecule has 0 saturated carbocycles. The Morgan fingerprint density at radius 3 is 1.29 bits per heavy atom. The lowest BCUT2D eigenvalue weighted by Gasteiger charge is -2.27. The molecule has 0 N–H and O–H groups in total. The van der Waals surface area contributed by atoms with Gasteiger partial charge in [0.2, 0.25) is 0 Å². The maximum Gasteiger partial charge on any atom is 0.137 e. The zero-order chi connectivity index (χ0) is 36.7. The molecule has 0 aliphatic carbocycles. The van der Waals surface area contributed by atoms with E-state index in [1.165, 1.54) is 0 Å². The molecule has 0 aliphatic rings. The molecule has 6 heterocycles. The van der Waals surface area contributed by atoms with Crippen LogP contribution in [-0.4, -0.2) is 19.9 Å². The van der Waals surface area contributed by atoms with Crippen molar-refractivity contribution < 1.29 is 8.83 Å². The van der Waals surface area contributed by atoms with Crippen LogP contribution >= 0.6 is 0 Å². The maximum atomic E-state index is 6.31. The number of benzene rings is 6. The van der Waals surface area contributed by atoms with Crippen molar-refractivity contribution in [1.82, 2.24) is 19.9 Å². The van der Waals surface area contributed by atoms with E-state index in [0.29, 0.717) is 0 Å². The standard InChI is InChI=1S/C48H28N6O2/c1-3-11-43-37(9-1)39-15-13-31(23-45(39)55-43)53(33-7-5-17-49-27-33)35-19-29-25-52-42-22-36(20-30-26-51-41(21-35)47(29)48(30)42)54(34-8-6-18-50-28-34)32-14-16-40-38-10-2-4-12-44(38)56-46(40)24-32/h1-28H. The molecule has 0 atom stereocenters. The second-order valence-electron chi connectivity index (χ2n) is 14.0. The van der Waals surface area contributed by atoms with Crippen molar-refractivity contribution in [3.05, 3.63) is 171 Å². The Balaban J connectivity index is 1.01. The van der Waals surface area contributed by atoms with Gasteiger partial charge in [-0.15, -0.1) is 0 Å². The van der Waals surface area contributed by atoms with Crippen molar-refractivity contribution in [2.75, 3.05) is 9.80 Å². The predicted octanol–water partition coefficient (Wildman–Crippen LogP) is 12.9. The maximum absolute atomic E-state index is 6.31. The smallest absolute Gasteiger partial charge is 0.137 e. The summed E-state index contributed by atoms with van der Waals surface area (Å²) in [5.41, 5.74) is 10.8. The second-order valence-corrected chi connectivity index (χ2v) is 14.0.